The Morgan fingerprint density at radius 1 is 1.18 bits per heavy atom. The summed E-state index contributed by atoms with van der Waals surface area (Å²) >= 11 is 0. The van der Waals surface area contributed by atoms with Crippen molar-refractivity contribution in [2.75, 3.05) is 62.5 Å². The van der Waals surface area contributed by atoms with Crippen molar-refractivity contribution in [1.29, 1.82) is 0 Å². The number of carbonyl (C=O) groups excluding carboxylic acids is 1. The summed E-state index contributed by atoms with van der Waals surface area (Å²) in [6.07, 6.45) is 6.71. The first-order valence-corrected chi connectivity index (χ1v) is 13.6. The zero-order chi connectivity index (χ0) is 26.9. The van der Waals surface area contributed by atoms with E-state index < -0.39 is 0 Å². The van der Waals surface area contributed by atoms with E-state index in [4.69, 9.17) is 14.5 Å². The van der Waals surface area contributed by atoms with E-state index in [1.807, 2.05) is 30.6 Å². The molecule has 10 heteroatoms. The highest BCUT2D eigenvalue weighted by Gasteiger charge is 2.26. The van der Waals surface area contributed by atoms with Gasteiger partial charge in [-0.15, -0.1) is 0 Å². The number of nitrogens with zero attached hydrogens (tertiary/aromatic N) is 5. The van der Waals surface area contributed by atoms with Crippen molar-refractivity contribution in [1.82, 2.24) is 19.9 Å². The second-order valence-electron chi connectivity index (χ2n) is 10.6. The minimum atomic E-state index is -0.316. The van der Waals surface area contributed by atoms with Crippen molar-refractivity contribution >= 4 is 29.0 Å². The Balaban J connectivity index is 1.22. The number of carbonyl (C=O) groups is 1. The van der Waals surface area contributed by atoms with Crippen LogP contribution in [0.2, 0.25) is 0 Å². The molecule has 204 valence electrons. The first-order valence-electron chi connectivity index (χ1n) is 13.6. The zero-order valence-electron chi connectivity index (χ0n) is 22.8. The topological polar surface area (TPSA) is 105 Å². The van der Waals surface area contributed by atoms with Gasteiger partial charge in [-0.05, 0) is 75.5 Å². The standard InChI is InChI=1S/C29H35N7O3/c1-18-25(16-31-27-26(18)30-9-13-39-27)36-12-8-20-15-32-29(34-24(20)17-36)33-21-4-5-22(23(14-21)28(37)38-3)19-6-10-35(2)11-7-19/h4-5,14-16,19,30H,6-13,17H2,1-3H3,(H,32,33,34). The molecule has 0 spiro atoms. The van der Waals surface area contributed by atoms with E-state index in [9.17, 15) is 4.79 Å². The molecule has 3 aromatic rings. The van der Waals surface area contributed by atoms with Crippen LogP contribution >= 0.6 is 0 Å². The Hall–Kier alpha value is -3.92. The van der Waals surface area contributed by atoms with Gasteiger partial charge in [0.1, 0.15) is 12.3 Å². The van der Waals surface area contributed by atoms with Gasteiger partial charge in [-0.1, -0.05) is 6.07 Å². The second-order valence-corrected chi connectivity index (χ2v) is 10.6. The first-order chi connectivity index (χ1) is 19.0. The van der Waals surface area contributed by atoms with Crippen molar-refractivity contribution in [3.05, 3.63) is 58.5 Å². The summed E-state index contributed by atoms with van der Waals surface area (Å²) in [6, 6.07) is 5.92. The number of hydrogen-bond donors (Lipinski definition) is 2. The quantitative estimate of drug-likeness (QED) is 0.473. The Bertz CT molecular complexity index is 1390. The van der Waals surface area contributed by atoms with E-state index in [2.05, 4.69) is 44.4 Å². The summed E-state index contributed by atoms with van der Waals surface area (Å²) < 4.78 is 10.8. The maximum atomic E-state index is 12.7. The van der Waals surface area contributed by atoms with Crippen LogP contribution in [0, 0.1) is 6.92 Å². The van der Waals surface area contributed by atoms with Gasteiger partial charge >= 0.3 is 5.97 Å². The number of aromatic nitrogens is 3. The number of likely N-dealkylation sites (tertiary alicyclic amines) is 1. The van der Waals surface area contributed by atoms with Crippen LogP contribution in [0.3, 0.4) is 0 Å². The van der Waals surface area contributed by atoms with E-state index >= 15 is 0 Å². The van der Waals surface area contributed by atoms with Gasteiger partial charge in [-0.2, -0.15) is 0 Å². The van der Waals surface area contributed by atoms with Crippen molar-refractivity contribution in [2.45, 2.75) is 38.6 Å². The molecular weight excluding hydrogens is 494 g/mol. The van der Waals surface area contributed by atoms with Crippen LogP contribution in [0.25, 0.3) is 0 Å². The van der Waals surface area contributed by atoms with E-state index in [0.29, 0.717) is 36.5 Å². The Labute approximate surface area is 228 Å². The van der Waals surface area contributed by atoms with Crippen LogP contribution in [0.5, 0.6) is 5.88 Å². The number of nitrogens with one attached hydrogen (secondary N) is 2. The predicted molar refractivity (Wildman–Crippen MR) is 150 cm³/mol. The number of benzene rings is 1. The van der Waals surface area contributed by atoms with Gasteiger partial charge in [0.05, 0.1) is 36.8 Å². The smallest absolute Gasteiger partial charge is 0.338 e. The minimum Gasteiger partial charge on any atom is -0.474 e. The largest absolute Gasteiger partial charge is 0.474 e. The number of piperidine rings is 1. The third-order valence-corrected chi connectivity index (χ3v) is 8.08. The summed E-state index contributed by atoms with van der Waals surface area (Å²) in [6.45, 7) is 7.09. The number of hydrogen-bond acceptors (Lipinski definition) is 10. The van der Waals surface area contributed by atoms with Crippen LogP contribution in [0.1, 0.15) is 51.5 Å². The molecule has 0 atom stereocenters. The first kappa shape index (κ1) is 25.4. The Morgan fingerprint density at radius 2 is 2.03 bits per heavy atom. The summed E-state index contributed by atoms with van der Waals surface area (Å²) in [7, 11) is 3.57. The van der Waals surface area contributed by atoms with Gasteiger partial charge in [0, 0.05) is 30.5 Å². The van der Waals surface area contributed by atoms with Gasteiger partial charge in [0.15, 0.2) is 0 Å². The number of ether oxygens (including phenoxy) is 2. The van der Waals surface area contributed by atoms with Crippen LogP contribution in [0.4, 0.5) is 23.0 Å². The minimum absolute atomic E-state index is 0.316. The number of methoxy groups -OCH3 is 1. The zero-order valence-corrected chi connectivity index (χ0v) is 22.8. The maximum Gasteiger partial charge on any atom is 0.338 e. The monoisotopic (exact) mass is 529 g/mol. The van der Waals surface area contributed by atoms with Crippen LogP contribution in [0.15, 0.2) is 30.6 Å². The fraction of sp³-hybridized carbons (Fsp3) is 0.448. The third-order valence-electron chi connectivity index (χ3n) is 8.08. The predicted octanol–water partition coefficient (Wildman–Crippen LogP) is 3.89. The average Bonchev–Trinajstić information content (AvgIpc) is 2.97. The number of pyridine rings is 1. The van der Waals surface area contributed by atoms with Crippen molar-refractivity contribution in [2.24, 2.45) is 0 Å². The van der Waals surface area contributed by atoms with Crippen LogP contribution in [-0.4, -0.2) is 72.8 Å². The summed E-state index contributed by atoms with van der Waals surface area (Å²) in [5.41, 5.74) is 7.74. The van der Waals surface area contributed by atoms with Crippen LogP contribution < -0.4 is 20.3 Å². The van der Waals surface area contributed by atoms with Gasteiger partial charge in [-0.25, -0.2) is 19.7 Å². The molecule has 1 aromatic carbocycles. The molecule has 0 bridgehead atoms. The molecule has 39 heavy (non-hydrogen) atoms. The molecule has 1 fully saturated rings. The van der Waals surface area contributed by atoms with Gasteiger partial charge < -0.3 is 29.9 Å². The molecule has 1 saturated heterocycles. The molecule has 10 nitrogen and oxygen atoms in total. The summed E-state index contributed by atoms with van der Waals surface area (Å²) in [5, 5.41) is 6.75. The number of anilines is 4. The lowest BCUT2D eigenvalue weighted by Crippen LogP contribution is -2.32. The lowest BCUT2D eigenvalue weighted by Gasteiger charge is -2.32. The molecule has 5 heterocycles. The van der Waals surface area contributed by atoms with Crippen LogP contribution in [-0.2, 0) is 17.7 Å². The van der Waals surface area contributed by atoms with E-state index in [1.54, 1.807) is 0 Å². The van der Waals surface area contributed by atoms with Gasteiger partial charge in [-0.3, -0.25) is 0 Å². The third kappa shape index (κ3) is 5.08. The average molecular weight is 530 g/mol. The van der Waals surface area contributed by atoms with Crippen molar-refractivity contribution in [3.8, 4) is 5.88 Å². The SMILES string of the molecule is COC(=O)c1cc(Nc2ncc3c(n2)CN(c2cnc4c(c2C)NCCO4)CC3)ccc1C1CCN(C)CC1. The maximum absolute atomic E-state index is 12.7. The molecule has 6 rings (SSSR count). The Kier molecular flexibility index (Phi) is 6.95. The van der Waals surface area contributed by atoms with E-state index in [-0.39, 0.29) is 5.97 Å². The molecule has 3 aliphatic rings. The fourth-order valence-corrected chi connectivity index (χ4v) is 5.82. The highest BCUT2D eigenvalue weighted by molar-refractivity contribution is 5.92. The summed E-state index contributed by atoms with van der Waals surface area (Å²) in [5.74, 6) is 1.21. The molecule has 3 aliphatic heterocycles. The molecule has 2 aromatic heterocycles. The lowest BCUT2D eigenvalue weighted by atomic mass is 9.86. The fourth-order valence-electron chi connectivity index (χ4n) is 5.82. The molecule has 0 saturated carbocycles. The molecule has 0 radical (unpaired) electrons. The highest BCUT2D eigenvalue weighted by atomic mass is 16.5. The molecule has 2 N–H and O–H groups in total. The van der Waals surface area contributed by atoms with Gasteiger partial charge in [0.25, 0.3) is 0 Å². The van der Waals surface area contributed by atoms with E-state index in [1.165, 1.54) is 7.11 Å². The number of rotatable bonds is 5. The van der Waals surface area contributed by atoms with Crippen molar-refractivity contribution < 1.29 is 14.3 Å². The highest BCUT2D eigenvalue weighted by Crippen LogP contribution is 2.36. The van der Waals surface area contributed by atoms with E-state index in [0.717, 1.165) is 84.9 Å². The second kappa shape index (κ2) is 10.7. The molecule has 0 amide bonds. The van der Waals surface area contributed by atoms with Gasteiger partial charge in [0.2, 0.25) is 11.8 Å². The summed E-state index contributed by atoms with van der Waals surface area (Å²) in [4.78, 5) is 31.3. The molecule has 0 aliphatic carbocycles. The lowest BCUT2D eigenvalue weighted by molar-refractivity contribution is 0.0598. The molecular formula is C29H35N7O3. The molecule has 0 unspecified atom stereocenters. The number of fused-ring (bicyclic) bond motifs is 2. The number of esters is 1. The Morgan fingerprint density at radius 3 is 2.85 bits per heavy atom. The van der Waals surface area contributed by atoms with Crippen molar-refractivity contribution in [3.63, 3.8) is 0 Å². The normalized spacial score (nSPS) is 17.5.